The van der Waals surface area contributed by atoms with Crippen LogP contribution in [-0.4, -0.2) is 60.4 Å². The molecule has 15 heavy (non-hydrogen) atoms. The molecular formula is C9H15N5S. The van der Waals surface area contributed by atoms with Crippen molar-refractivity contribution >= 4 is 16.5 Å². The number of piperazine rings is 1. The van der Waals surface area contributed by atoms with Crippen LogP contribution in [0, 0.1) is 0 Å². The second-order valence-corrected chi connectivity index (χ2v) is 4.87. The molecule has 0 unspecified atom stereocenters. The molecule has 0 radical (unpaired) electrons. The molecule has 0 saturated carbocycles. The molecule has 0 bridgehead atoms. The quantitative estimate of drug-likeness (QED) is 0.744. The highest BCUT2D eigenvalue weighted by molar-refractivity contribution is 7.13. The number of nitrogens with zero attached hydrogens (tertiary/aromatic N) is 4. The van der Waals surface area contributed by atoms with Crippen LogP contribution in [0.2, 0.25) is 0 Å². The van der Waals surface area contributed by atoms with Gasteiger partial charge in [0.15, 0.2) is 0 Å². The van der Waals surface area contributed by atoms with E-state index in [1.807, 2.05) is 0 Å². The van der Waals surface area contributed by atoms with E-state index >= 15 is 0 Å². The first-order valence-corrected chi connectivity index (χ1v) is 6.27. The largest absolute Gasteiger partial charge is 0.344 e. The predicted molar refractivity (Wildman–Crippen MR) is 60.4 cm³/mol. The lowest BCUT2D eigenvalue weighted by Crippen LogP contribution is -2.61. The first-order valence-electron chi connectivity index (χ1n) is 5.39. The van der Waals surface area contributed by atoms with Crippen LogP contribution >= 0.6 is 11.3 Å². The monoisotopic (exact) mass is 225 g/mol. The van der Waals surface area contributed by atoms with E-state index in [0.29, 0.717) is 0 Å². The van der Waals surface area contributed by atoms with Crippen molar-refractivity contribution in [3.63, 3.8) is 0 Å². The maximum absolute atomic E-state index is 4.11. The lowest BCUT2D eigenvalue weighted by atomic mass is 10.1. The van der Waals surface area contributed by atoms with Crippen molar-refractivity contribution in [1.82, 2.24) is 20.4 Å². The Morgan fingerprint density at radius 2 is 2.07 bits per heavy atom. The average Bonchev–Trinajstić information content (AvgIpc) is 2.69. The van der Waals surface area contributed by atoms with E-state index in [-0.39, 0.29) is 0 Å². The third-order valence-electron chi connectivity index (χ3n) is 3.21. The van der Waals surface area contributed by atoms with Gasteiger partial charge in [-0.05, 0) is 0 Å². The topological polar surface area (TPSA) is 44.3 Å². The smallest absolute Gasteiger partial charge is 0.208 e. The van der Waals surface area contributed by atoms with Crippen molar-refractivity contribution in [3.05, 3.63) is 5.51 Å². The van der Waals surface area contributed by atoms with Gasteiger partial charge in [0.2, 0.25) is 5.13 Å². The minimum Gasteiger partial charge on any atom is -0.344 e. The Morgan fingerprint density at radius 3 is 2.60 bits per heavy atom. The average molecular weight is 225 g/mol. The summed E-state index contributed by atoms with van der Waals surface area (Å²) in [5.74, 6) is 0. The summed E-state index contributed by atoms with van der Waals surface area (Å²) in [5, 5.41) is 12.4. The Labute approximate surface area is 93.1 Å². The van der Waals surface area contributed by atoms with Crippen LogP contribution < -0.4 is 10.2 Å². The van der Waals surface area contributed by atoms with Gasteiger partial charge in [0.25, 0.3) is 0 Å². The van der Waals surface area contributed by atoms with Gasteiger partial charge in [-0.1, -0.05) is 11.3 Å². The van der Waals surface area contributed by atoms with Crippen LogP contribution in [0.4, 0.5) is 5.13 Å². The van der Waals surface area contributed by atoms with Crippen LogP contribution in [0.1, 0.15) is 0 Å². The van der Waals surface area contributed by atoms with Gasteiger partial charge in [0, 0.05) is 45.3 Å². The molecule has 0 aromatic carbocycles. The van der Waals surface area contributed by atoms with Gasteiger partial charge in [0.1, 0.15) is 5.51 Å². The van der Waals surface area contributed by atoms with E-state index in [0.717, 1.165) is 37.4 Å². The molecule has 0 atom stereocenters. The number of aromatic nitrogens is 2. The molecule has 82 valence electrons. The molecule has 1 aromatic rings. The van der Waals surface area contributed by atoms with Crippen molar-refractivity contribution in [2.45, 2.75) is 6.04 Å². The predicted octanol–water partition coefficient (Wildman–Crippen LogP) is -0.368. The van der Waals surface area contributed by atoms with E-state index in [1.54, 1.807) is 16.8 Å². The number of anilines is 1. The summed E-state index contributed by atoms with van der Waals surface area (Å²) in [6.45, 7) is 6.83. The Hall–Kier alpha value is -0.720. The van der Waals surface area contributed by atoms with E-state index in [9.17, 15) is 0 Å². The van der Waals surface area contributed by atoms with Gasteiger partial charge < -0.3 is 10.2 Å². The molecular weight excluding hydrogens is 210 g/mol. The molecule has 2 saturated heterocycles. The van der Waals surface area contributed by atoms with Crippen LogP contribution in [0.3, 0.4) is 0 Å². The minimum absolute atomic E-state index is 0.779. The third-order valence-corrected chi connectivity index (χ3v) is 3.96. The van der Waals surface area contributed by atoms with Gasteiger partial charge >= 0.3 is 0 Å². The molecule has 6 heteroatoms. The molecule has 2 aliphatic rings. The third kappa shape index (κ3) is 1.84. The highest BCUT2D eigenvalue weighted by atomic mass is 32.1. The van der Waals surface area contributed by atoms with Crippen molar-refractivity contribution in [2.75, 3.05) is 44.2 Å². The zero-order valence-corrected chi connectivity index (χ0v) is 9.41. The van der Waals surface area contributed by atoms with Crippen molar-refractivity contribution in [1.29, 1.82) is 0 Å². The Kier molecular flexibility index (Phi) is 2.56. The highest BCUT2D eigenvalue weighted by Gasteiger charge is 2.28. The molecule has 0 amide bonds. The summed E-state index contributed by atoms with van der Waals surface area (Å²) >= 11 is 1.63. The molecule has 0 aliphatic carbocycles. The summed E-state index contributed by atoms with van der Waals surface area (Å²) in [6.07, 6.45) is 0. The number of hydrogen-bond acceptors (Lipinski definition) is 6. The fourth-order valence-corrected chi connectivity index (χ4v) is 2.73. The summed E-state index contributed by atoms with van der Waals surface area (Å²) in [4.78, 5) is 4.91. The first-order chi connectivity index (χ1) is 7.43. The molecule has 2 fully saturated rings. The lowest BCUT2D eigenvalue weighted by molar-refractivity contribution is 0.138. The zero-order valence-electron chi connectivity index (χ0n) is 8.59. The standard InChI is InChI=1S/C9H15N5S/c1-3-14(9-12-11-7-15-9)4-2-13(1)8-5-10-6-8/h7-8,10H,1-6H2. The molecule has 1 aromatic heterocycles. The summed E-state index contributed by atoms with van der Waals surface area (Å²) < 4.78 is 0. The normalized spacial score (nSPS) is 24.1. The summed E-state index contributed by atoms with van der Waals surface area (Å²) in [6, 6.07) is 0.779. The second kappa shape index (κ2) is 4.03. The highest BCUT2D eigenvalue weighted by Crippen LogP contribution is 2.18. The SMILES string of the molecule is c1nnc(N2CCN(C3CNC3)CC2)s1. The molecule has 1 N–H and O–H groups in total. The Balaban J connectivity index is 1.56. The second-order valence-electron chi connectivity index (χ2n) is 4.06. The minimum atomic E-state index is 0.779. The van der Waals surface area contributed by atoms with Gasteiger partial charge in [-0.15, -0.1) is 10.2 Å². The lowest BCUT2D eigenvalue weighted by Gasteiger charge is -2.43. The molecule has 3 rings (SSSR count). The van der Waals surface area contributed by atoms with E-state index in [4.69, 9.17) is 0 Å². The van der Waals surface area contributed by atoms with Crippen LogP contribution in [0.5, 0.6) is 0 Å². The maximum atomic E-state index is 4.11. The Morgan fingerprint density at radius 1 is 1.27 bits per heavy atom. The number of hydrogen-bond donors (Lipinski definition) is 1. The van der Waals surface area contributed by atoms with Gasteiger partial charge in [-0.3, -0.25) is 4.90 Å². The van der Waals surface area contributed by atoms with Crippen molar-refractivity contribution in [3.8, 4) is 0 Å². The zero-order chi connectivity index (χ0) is 10.1. The van der Waals surface area contributed by atoms with E-state index < -0.39 is 0 Å². The number of nitrogens with one attached hydrogen (secondary N) is 1. The summed E-state index contributed by atoms with van der Waals surface area (Å²) in [5.41, 5.74) is 1.80. The fraction of sp³-hybridized carbons (Fsp3) is 0.778. The van der Waals surface area contributed by atoms with Gasteiger partial charge in [0.05, 0.1) is 0 Å². The van der Waals surface area contributed by atoms with Crippen molar-refractivity contribution in [2.24, 2.45) is 0 Å². The molecule has 3 heterocycles. The van der Waals surface area contributed by atoms with E-state index in [1.165, 1.54) is 13.1 Å². The van der Waals surface area contributed by atoms with Crippen LogP contribution in [0.25, 0.3) is 0 Å². The maximum Gasteiger partial charge on any atom is 0.208 e. The fourth-order valence-electron chi connectivity index (χ4n) is 2.12. The van der Waals surface area contributed by atoms with E-state index in [2.05, 4.69) is 25.3 Å². The Bertz CT molecular complexity index is 302. The van der Waals surface area contributed by atoms with Crippen LogP contribution in [-0.2, 0) is 0 Å². The number of rotatable bonds is 2. The first kappa shape index (κ1) is 9.50. The van der Waals surface area contributed by atoms with Gasteiger partial charge in [-0.25, -0.2) is 0 Å². The van der Waals surface area contributed by atoms with Crippen LogP contribution in [0.15, 0.2) is 5.51 Å². The summed E-state index contributed by atoms with van der Waals surface area (Å²) in [7, 11) is 0. The molecule has 0 spiro atoms. The molecule has 5 nitrogen and oxygen atoms in total. The molecule has 2 aliphatic heterocycles. The van der Waals surface area contributed by atoms with Crippen molar-refractivity contribution < 1.29 is 0 Å². The van der Waals surface area contributed by atoms with Gasteiger partial charge in [-0.2, -0.15) is 0 Å².